The van der Waals surface area contributed by atoms with Crippen molar-refractivity contribution in [3.05, 3.63) is 99.6 Å². The van der Waals surface area contributed by atoms with Crippen LogP contribution >= 0.6 is 0 Å². The van der Waals surface area contributed by atoms with Gasteiger partial charge in [0.25, 0.3) is 11.5 Å². The van der Waals surface area contributed by atoms with E-state index in [4.69, 9.17) is 0 Å². The van der Waals surface area contributed by atoms with E-state index in [0.29, 0.717) is 16.9 Å². The van der Waals surface area contributed by atoms with Crippen molar-refractivity contribution in [2.45, 2.75) is 20.8 Å². The average molecular weight is 398 g/mol. The minimum atomic E-state index is -0.259. The Morgan fingerprint density at radius 1 is 0.933 bits per heavy atom. The number of anilines is 1. The number of H-pyrrole nitrogens is 1. The van der Waals surface area contributed by atoms with E-state index in [2.05, 4.69) is 20.1 Å². The van der Waals surface area contributed by atoms with Gasteiger partial charge in [0.15, 0.2) is 0 Å². The van der Waals surface area contributed by atoms with Gasteiger partial charge in [0.05, 0.1) is 16.9 Å². The minimum Gasteiger partial charge on any atom is -0.322 e. The van der Waals surface area contributed by atoms with Crippen LogP contribution in [0.2, 0.25) is 0 Å². The molecule has 1 amide bonds. The second-order valence-electron chi connectivity index (χ2n) is 7.31. The molecule has 30 heavy (non-hydrogen) atoms. The number of aromatic amines is 1. The van der Waals surface area contributed by atoms with Gasteiger partial charge in [-0.1, -0.05) is 23.8 Å². The molecule has 0 atom stereocenters. The van der Waals surface area contributed by atoms with Gasteiger partial charge in [0.1, 0.15) is 0 Å². The zero-order valence-electron chi connectivity index (χ0n) is 17.1. The van der Waals surface area contributed by atoms with Crippen molar-refractivity contribution in [1.29, 1.82) is 0 Å². The fourth-order valence-corrected chi connectivity index (χ4v) is 3.54. The summed E-state index contributed by atoms with van der Waals surface area (Å²) in [4.78, 5) is 24.5. The first-order valence-electron chi connectivity index (χ1n) is 9.66. The highest BCUT2D eigenvalue weighted by molar-refractivity contribution is 6.07. The Morgan fingerprint density at radius 2 is 1.70 bits per heavy atom. The molecule has 0 radical (unpaired) electrons. The van der Waals surface area contributed by atoms with Gasteiger partial charge in [-0.25, -0.2) is 5.10 Å². The van der Waals surface area contributed by atoms with E-state index in [0.717, 1.165) is 28.2 Å². The Labute approximate surface area is 174 Å². The highest BCUT2D eigenvalue weighted by Crippen LogP contribution is 2.24. The number of hydrogen-bond donors (Lipinski definition) is 2. The fraction of sp³-hybridized carbons (Fsp3) is 0.125. The molecule has 6 nitrogen and oxygen atoms in total. The molecule has 6 heteroatoms. The first kappa shape index (κ1) is 19.4. The number of nitrogens with one attached hydrogen (secondary N) is 2. The largest absolute Gasteiger partial charge is 0.322 e. The Bertz CT molecular complexity index is 1260. The number of nitrogens with zero attached hydrogens (tertiary/aromatic N) is 2. The van der Waals surface area contributed by atoms with Gasteiger partial charge in [-0.15, -0.1) is 0 Å². The molecule has 0 saturated carbocycles. The van der Waals surface area contributed by atoms with E-state index in [1.807, 2.05) is 75.4 Å². The highest BCUT2D eigenvalue weighted by Gasteiger charge is 2.16. The lowest BCUT2D eigenvalue weighted by Gasteiger charge is -2.16. The van der Waals surface area contributed by atoms with Crippen LogP contribution in [0.5, 0.6) is 0 Å². The van der Waals surface area contributed by atoms with Crippen molar-refractivity contribution in [3.8, 4) is 16.9 Å². The molecular formula is C24H22N4O2. The molecule has 2 aromatic heterocycles. The maximum absolute atomic E-state index is 13.2. The first-order valence-corrected chi connectivity index (χ1v) is 9.66. The number of carbonyl (C=O) groups excluding carboxylic acids is 1. The Hall–Kier alpha value is -3.93. The molecule has 150 valence electrons. The van der Waals surface area contributed by atoms with Crippen LogP contribution in [0.15, 0.2) is 71.5 Å². The summed E-state index contributed by atoms with van der Waals surface area (Å²) in [5, 5.41) is 9.48. The van der Waals surface area contributed by atoms with E-state index in [1.54, 1.807) is 6.07 Å². The predicted octanol–water partition coefficient (Wildman–Crippen LogP) is 4.41. The van der Waals surface area contributed by atoms with Crippen LogP contribution in [-0.2, 0) is 0 Å². The number of aromatic nitrogens is 3. The van der Waals surface area contributed by atoms with Gasteiger partial charge < -0.3 is 9.88 Å². The molecule has 2 aromatic carbocycles. The standard InChI is InChI=1S/C24H22N4O2/c1-15-7-11-22(28-16(2)8-9-17(28)3)20(13-15)24(30)25-19-6-4-5-18(14-19)21-10-12-23(29)27-26-21/h4-14H,1-3H3,(H,25,30)(H,27,29). The molecule has 0 saturated heterocycles. The number of benzene rings is 2. The van der Waals surface area contributed by atoms with Gasteiger partial charge in [-0.05, 0) is 63.2 Å². The quantitative estimate of drug-likeness (QED) is 0.535. The molecule has 0 aliphatic heterocycles. The number of carbonyl (C=O) groups is 1. The van der Waals surface area contributed by atoms with Gasteiger partial charge in [-0.3, -0.25) is 9.59 Å². The molecule has 2 N–H and O–H groups in total. The molecule has 4 rings (SSSR count). The SMILES string of the molecule is Cc1ccc(-n2c(C)ccc2C)c(C(=O)Nc2cccc(-c3ccc(=O)[nH]n3)c2)c1. The topological polar surface area (TPSA) is 79.8 Å². The number of hydrogen-bond acceptors (Lipinski definition) is 3. The summed E-state index contributed by atoms with van der Waals surface area (Å²) in [6, 6.07) is 20.4. The van der Waals surface area contributed by atoms with Gasteiger partial charge in [0, 0.05) is 28.7 Å². The zero-order valence-corrected chi connectivity index (χ0v) is 17.1. The third-order valence-electron chi connectivity index (χ3n) is 5.00. The number of aryl methyl sites for hydroxylation is 3. The second-order valence-corrected chi connectivity index (χ2v) is 7.31. The summed E-state index contributed by atoms with van der Waals surface area (Å²) >= 11 is 0. The molecule has 0 spiro atoms. The lowest BCUT2D eigenvalue weighted by atomic mass is 10.1. The minimum absolute atomic E-state index is 0.187. The molecule has 0 aliphatic carbocycles. The molecule has 4 aromatic rings. The normalized spacial score (nSPS) is 10.8. The Balaban J connectivity index is 1.68. The summed E-state index contributed by atoms with van der Waals surface area (Å²) in [6.45, 7) is 6.02. The lowest BCUT2D eigenvalue weighted by molar-refractivity contribution is 0.102. The third kappa shape index (κ3) is 3.80. The summed E-state index contributed by atoms with van der Waals surface area (Å²) in [6.07, 6.45) is 0. The summed E-state index contributed by atoms with van der Waals surface area (Å²) in [5.41, 5.74) is 6.41. The van der Waals surface area contributed by atoms with E-state index in [9.17, 15) is 9.59 Å². The smallest absolute Gasteiger partial charge is 0.264 e. The average Bonchev–Trinajstić information content (AvgIpc) is 3.07. The lowest BCUT2D eigenvalue weighted by Crippen LogP contribution is -2.16. The van der Waals surface area contributed by atoms with Gasteiger partial charge in [0.2, 0.25) is 0 Å². The molecule has 0 fully saturated rings. The van der Waals surface area contributed by atoms with Crippen molar-refractivity contribution in [2.75, 3.05) is 5.32 Å². The first-order chi connectivity index (χ1) is 14.4. The van der Waals surface area contributed by atoms with Crippen molar-refractivity contribution < 1.29 is 4.79 Å². The van der Waals surface area contributed by atoms with Gasteiger partial charge in [-0.2, -0.15) is 5.10 Å². The van der Waals surface area contributed by atoms with Crippen molar-refractivity contribution in [1.82, 2.24) is 14.8 Å². The van der Waals surface area contributed by atoms with Crippen molar-refractivity contribution in [3.63, 3.8) is 0 Å². The summed E-state index contributed by atoms with van der Waals surface area (Å²) in [5.74, 6) is -0.187. The summed E-state index contributed by atoms with van der Waals surface area (Å²) < 4.78 is 2.08. The second kappa shape index (κ2) is 7.83. The zero-order chi connectivity index (χ0) is 21.3. The van der Waals surface area contributed by atoms with E-state index < -0.39 is 0 Å². The van der Waals surface area contributed by atoms with E-state index >= 15 is 0 Å². The maximum atomic E-state index is 13.2. The van der Waals surface area contributed by atoms with Crippen molar-refractivity contribution >= 4 is 11.6 Å². The van der Waals surface area contributed by atoms with Crippen LogP contribution in [0.4, 0.5) is 5.69 Å². The van der Waals surface area contributed by atoms with Crippen LogP contribution < -0.4 is 10.9 Å². The van der Waals surface area contributed by atoms with Crippen LogP contribution in [0.25, 0.3) is 16.9 Å². The maximum Gasteiger partial charge on any atom is 0.264 e. The van der Waals surface area contributed by atoms with Crippen LogP contribution in [0, 0.1) is 20.8 Å². The van der Waals surface area contributed by atoms with Crippen LogP contribution in [0.3, 0.4) is 0 Å². The molecule has 0 bridgehead atoms. The molecule has 2 heterocycles. The molecule has 0 aliphatic rings. The number of amides is 1. The molecular weight excluding hydrogens is 376 g/mol. The van der Waals surface area contributed by atoms with E-state index in [1.165, 1.54) is 6.07 Å². The van der Waals surface area contributed by atoms with Crippen LogP contribution in [-0.4, -0.2) is 20.7 Å². The fourth-order valence-electron chi connectivity index (χ4n) is 3.54. The highest BCUT2D eigenvalue weighted by atomic mass is 16.1. The van der Waals surface area contributed by atoms with Gasteiger partial charge >= 0.3 is 0 Å². The molecule has 0 unspecified atom stereocenters. The monoisotopic (exact) mass is 398 g/mol. The van der Waals surface area contributed by atoms with Crippen molar-refractivity contribution in [2.24, 2.45) is 0 Å². The Morgan fingerprint density at radius 3 is 2.40 bits per heavy atom. The summed E-state index contributed by atoms with van der Waals surface area (Å²) in [7, 11) is 0. The third-order valence-corrected chi connectivity index (χ3v) is 5.00. The van der Waals surface area contributed by atoms with Crippen LogP contribution in [0.1, 0.15) is 27.3 Å². The number of rotatable bonds is 4. The van der Waals surface area contributed by atoms with E-state index in [-0.39, 0.29) is 11.5 Å². The predicted molar refractivity (Wildman–Crippen MR) is 118 cm³/mol. The Kier molecular flexibility index (Phi) is 5.06.